The molecule has 2 rings (SSSR count). The van der Waals surface area contributed by atoms with E-state index < -0.39 is 18.1 Å². The summed E-state index contributed by atoms with van der Waals surface area (Å²) in [4.78, 5) is 43.2. The van der Waals surface area contributed by atoms with Gasteiger partial charge >= 0.3 is 5.97 Å². The Labute approximate surface area is 195 Å². The molecule has 1 saturated carbocycles. The Morgan fingerprint density at radius 3 is 2.16 bits per heavy atom. The molecule has 1 aromatic heterocycles. The van der Waals surface area contributed by atoms with Crippen LogP contribution in [-0.2, 0) is 19.7 Å². The second-order valence-electron chi connectivity index (χ2n) is 10.2. The Morgan fingerprint density at radius 1 is 1.16 bits per heavy atom. The number of anilines is 1. The monoisotopic (exact) mass is 466 g/mol. The van der Waals surface area contributed by atoms with Crippen LogP contribution in [0.5, 0.6) is 0 Å². The number of nitrogens with zero attached hydrogens (tertiary/aromatic N) is 2. The van der Waals surface area contributed by atoms with Crippen molar-refractivity contribution in [2.75, 3.05) is 26.1 Å². The number of methoxy groups -OCH3 is 1. The predicted octanol–water partition coefficient (Wildman–Crippen LogP) is 4.39. The summed E-state index contributed by atoms with van der Waals surface area (Å²) in [7, 11) is 4.77. The Kier molecular flexibility index (Phi) is 8.50. The fraction of sp³-hybridized carbons (Fsp3) is 0.708. The third-order valence-corrected chi connectivity index (χ3v) is 7.83. The molecule has 180 valence electrons. The molecule has 8 heteroatoms. The van der Waals surface area contributed by atoms with Crippen LogP contribution < -0.4 is 4.90 Å². The summed E-state index contributed by atoms with van der Waals surface area (Å²) in [6.07, 6.45) is 2.74. The molecule has 0 unspecified atom stereocenters. The Hall–Kier alpha value is -1.93. The topological polar surface area (TPSA) is 87.2 Å². The number of carbonyl (C=O) groups excluding carboxylic acids is 2. The van der Waals surface area contributed by atoms with Crippen LogP contribution in [-0.4, -0.2) is 61.1 Å². The summed E-state index contributed by atoms with van der Waals surface area (Å²) in [5.74, 6) is -1.27. The zero-order valence-electron chi connectivity index (χ0n) is 20.6. The Bertz CT molecular complexity index is 834. The lowest BCUT2D eigenvalue weighted by Crippen LogP contribution is -2.57. The molecule has 1 aliphatic carbocycles. The zero-order chi connectivity index (χ0) is 24.4. The van der Waals surface area contributed by atoms with Gasteiger partial charge < -0.3 is 14.7 Å². The fourth-order valence-electron chi connectivity index (χ4n) is 4.11. The first kappa shape index (κ1) is 26.3. The van der Waals surface area contributed by atoms with Gasteiger partial charge in [-0.25, -0.2) is 4.79 Å². The molecular weight excluding hydrogens is 428 g/mol. The lowest BCUT2D eigenvalue weighted by molar-refractivity contribution is -0.136. The number of likely N-dealkylation sites (N-methyl/N-ethyl adjacent to an activating group) is 1. The van der Waals surface area contributed by atoms with Gasteiger partial charge in [0.05, 0.1) is 11.8 Å². The molecule has 0 aromatic carbocycles. The lowest BCUT2D eigenvalue weighted by Gasteiger charge is -2.38. The van der Waals surface area contributed by atoms with Crippen molar-refractivity contribution in [1.29, 1.82) is 0 Å². The van der Waals surface area contributed by atoms with Crippen LogP contribution in [0.15, 0.2) is 6.07 Å². The van der Waals surface area contributed by atoms with Gasteiger partial charge in [0.2, 0.25) is 11.8 Å². The van der Waals surface area contributed by atoms with Gasteiger partial charge in [0, 0.05) is 32.0 Å². The maximum absolute atomic E-state index is 13.9. The van der Waals surface area contributed by atoms with Crippen molar-refractivity contribution in [3.8, 4) is 0 Å². The highest BCUT2D eigenvalue weighted by Crippen LogP contribution is 2.40. The summed E-state index contributed by atoms with van der Waals surface area (Å²) in [5, 5.41) is 9.99. The lowest BCUT2D eigenvalue weighted by atomic mass is 9.82. The van der Waals surface area contributed by atoms with E-state index in [9.17, 15) is 19.5 Å². The van der Waals surface area contributed by atoms with Crippen LogP contribution in [0.25, 0.3) is 0 Å². The predicted molar refractivity (Wildman–Crippen MR) is 128 cm³/mol. The van der Waals surface area contributed by atoms with Gasteiger partial charge in [-0.2, -0.15) is 0 Å². The summed E-state index contributed by atoms with van der Waals surface area (Å²) in [6.45, 7) is 9.93. The number of amides is 2. The summed E-state index contributed by atoms with van der Waals surface area (Å²) < 4.78 is 5.53. The van der Waals surface area contributed by atoms with Crippen molar-refractivity contribution in [3.05, 3.63) is 15.8 Å². The minimum absolute atomic E-state index is 0.0762. The number of carboxylic acid groups (broad SMARTS) is 1. The quantitative estimate of drug-likeness (QED) is 0.644. The van der Waals surface area contributed by atoms with E-state index in [0.29, 0.717) is 11.6 Å². The first-order chi connectivity index (χ1) is 14.8. The normalized spacial score (nSPS) is 21.0. The molecule has 7 nitrogen and oxygen atoms in total. The second kappa shape index (κ2) is 10.3. The molecule has 2 amide bonds. The average molecular weight is 467 g/mol. The van der Waals surface area contributed by atoms with E-state index in [1.807, 2.05) is 20.8 Å². The third kappa shape index (κ3) is 5.70. The van der Waals surface area contributed by atoms with E-state index in [-0.39, 0.29) is 28.0 Å². The van der Waals surface area contributed by atoms with Crippen molar-refractivity contribution in [2.45, 2.75) is 77.9 Å². The van der Waals surface area contributed by atoms with Gasteiger partial charge in [-0.1, -0.05) is 27.7 Å². The highest BCUT2D eigenvalue weighted by Gasteiger charge is 2.42. The largest absolute Gasteiger partial charge is 0.477 e. The van der Waals surface area contributed by atoms with E-state index >= 15 is 0 Å². The summed E-state index contributed by atoms with van der Waals surface area (Å²) in [6, 6.07) is 0.817. The maximum atomic E-state index is 13.9. The van der Waals surface area contributed by atoms with Crippen molar-refractivity contribution < 1.29 is 24.2 Å². The third-order valence-electron chi connectivity index (χ3n) is 6.30. The van der Waals surface area contributed by atoms with Crippen LogP contribution in [0.2, 0.25) is 0 Å². The number of carbonyl (C=O) groups is 3. The number of hydrogen-bond acceptors (Lipinski definition) is 5. The van der Waals surface area contributed by atoms with Crippen LogP contribution in [0.3, 0.4) is 0 Å². The van der Waals surface area contributed by atoms with E-state index in [1.54, 1.807) is 27.1 Å². The molecule has 0 aliphatic heterocycles. The second-order valence-corrected chi connectivity index (χ2v) is 11.2. The van der Waals surface area contributed by atoms with Gasteiger partial charge in [-0.3, -0.25) is 14.5 Å². The van der Waals surface area contributed by atoms with Crippen LogP contribution in [0.4, 0.5) is 5.69 Å². The molecule has 1 heterocycles. The van der Waals surface area contributed by atoms with Gasteiger partial charge in [0.15, 0.2) is 0 Å². The highest BCUT2D eigenvalue weighted by molar-refractivity contribution is 7.14. The van der Waals surface area contributed by atoms with Gasteiger partial charge in [0.1, 0.15) is 10.9 Å². The fourth-order valence-corrected chi connectivity index (χ4v) is 5.15. The minimum Gasteiger partial charge on any atom is -0.477 e. The standard InChI is InChI=1S/C24H38N2O5S/c1-14-9-11-16(12-10-14)21(27)26(19(15(2)31-8)22(28)25(6)7)17-13-18(24(3,4)5)32-20(17)23(29)30/h13-16,19H,9-12H2,1-8H3,(H,29,30)/t14?,15-,16?,19+/m1/s1. The van der Waals surface area contributed by atoms with Gasteiger partial charge in [0.25, 0.3) is 0 Å². The van der Waals surface area contributed by atoms with Crippen LogP contribution in [0.1, 0.15) is 74.9 Å². The Balaban J connectivity index is 2.70. The van der Waals surface area contributed by atoms with Gasteiger partial charge in [-0.05, 0) is 50.0 Å². The highest BCUT2D eigenvalue weighted by atomic mass is 32.1. The molecule has 2 atom stereocenters. The molecule has 0 saturated heterocycles. The van der Waals surface area contributed by atoms with Crippen molar-refractivity contribution in [1.82, 2.24) is 4.90 Å². The van der Waals surface area contributed by atoms with Gasteiger partial charge in [-0.15, -0.1) is 11.3 Å². The molecule has 0 bridgehead atoms. The number of carboxylic acids is 1. The maximum Gasteiger partial charge on any atom is 0.348 e. The molecule has 1 fully saturated rings. The number of aromatic carboxylic acids is 1. The molecule has 0 spiro atoms. The van der Waals surface area contributed by atoms with E-state index in [0.717, 1.165) is 30.6 Å². The smallest absolute Gasteiger partial charge is 0.348 e. The molecule has 1 aliphatic rings. The summed E-state index contributed by atoms with van der Waals surface area (Å²) >= 11 is 1.17. The van der Waals surface area contributed by atoms with Crippen molar-refractivity contribution >= 4 is 34.8 Å². The zero-order valence-corrected chi connectivity index (χ0v) is 21.4. The minimum atomic E-state index is -1.10. The van der Waals surface area contributed by atoms with E-state index in [1.165, 1.54) is 28.2 Å². The van der Waals surface area contributed by atoms with Crippen LogP contribution in [0, 0.1) is 11.8 Å². The number of ether oxygens (including phenoxy) is 1. The number of thiophene rings is 1. The molecule has 0 radical (unpaired) electrons. The molecule has 1 N–H and O–H groups in total. The van der Waals surface area contributed by atoms with Crippen LogP contribution >= 0.6 is 11.3 Å². The first-order valence-electron chi connectivity index (χ1n) is 11.2. The van der Waals surface area contributed by atoms with Crippen molar-refractivity contribution in [3.63, 3.8) is 0 Å². The molecule has 1 aromatic rings. The average Bonchev–Trinajstić information content (AvgIpc) is 3.16. The SMILES string of the molecule is CO[C@H](C)[C@@H](C(=O)N(C)C)N(C(=O)C1CCC(C)CC1)c1cc(C(C)(C)C)sc1C(=O)O. The molecular formula is C24H38N2O5S. The number of hydrogen-bond donors (Lipinski definition) is 1. The summed E-state index contributed by atoms with van der Waals surface area (Å²) in [5.41, 5.74) is -0.00380. The van der Waals surface area contributed by atoms with E-state index in [4.69, 9.17) is 4.74 Å². The van der Waals surface area contributed by atoms with E-state index in [2.05, 4.69) is 6.92 Å². The van der Waals surface area contributed by atoms with Crippen molar-refractivity contribution in [2.24, 2.45) is 11.8 Å². The molecule has 32 heavy (non-hydrogen) atoms. The first-order valence-corrected chi connectivity index (χ1v) is 12.1. The number of rotatable bonds is 7. The Morgan fingerprint density at radius 2 is 1.72 bits per heavy atom.